The second-order valence-corrected chi connectivity index (χ2v) is 5.19. The van der Waals surface area contributed by atoms with Crippen molar-refractivity contribution in [3.63, 3.8) is 0 Å². The maximum Gasteiger partial charge on any atom is 0.0621 e. The Morgan fingerprint density at radius 2 is 2.00 bits per heavy atom. The molecule has 0 aromatic carbocycles. The summed E-state index contributed by atoms with van der Waals surface area (Å²) < 4.78 is 0. The Morgan fingerprint density at radius 1 is 1.43 bits per heavy atom. The summed E-state index contributed by atoms with van der Waals surface area (Å²) in [6, 6.07) is 0.643. The molecule has 0 radical (unpaired) electrons. The van der Waals surface area contributed by atoms with Crippen LogP contribution < -0.4 is 5.32 Å². The third-order valence-corrected chi connectivity index (χ3v) is 3.51. The monoisotopic (exact) mass is 199 g/mol. The van der Waals surface area contributed by atoms with Crippen LogP contribution in [0.5, 0.6) is 0 Å². The second-order valence-electron chi connectivity index (χ2n) is 5.19. The molecule has 1 aliphatic rings. The lowest BCUT2D eigenvalue weighted by molar-refractivity contribution is 0.0139. The van der Waals surface area contributed by atoms with Crippen LogP contribution in [-0.2, 0) is 0 Å². The molecule has 1 aliphatic carbocycles. The zero-order valence-electron chi connectivity index (χ0n) is 9.84. The van der Waals surface area contributed by atoms with E-state index in [9.17, 15) is 5.11 Å². The van der Waals surface area contributed by atoms with Crippen LogP contribution in [0.2, 0.25) is 0 Å². The van der Waals surface area contributed by atoms with Gasteiger partial charge in [0.2, 0.25) is 0 Å². The summed E-state index contributed by atoms with van der Waals surface area (Å²) >= 11 is 0. The van der Waals surface area contributed by atoms with Crippen molar-refractivity contribution in [2.75, 3.05) is 6.54 Å². The predicted octanol–water partition coefficient (Wildman–Crippen LogP) is 2.32. The van der Waals surface area contributed by atoms with E-state index in [4.69, 9.17) is 0 Å². The van der Waals surface area contributed by atoms with Gasteiger partial charge >= 0.3 is 0 Å². The normalized spacial score (nSPS) is 35.6. The van der Waals surface area contributed by atoms with E-state index < -0.39 is 5.60 Å². The quantitative estimate of drug-likeness (QED) is 0.728. The molecule has 84 valence electrons. The first-order valence-corrected chi connectivity index (χ1v) is 5.99. The van der Waals surface area contributed by atoms with Gasteiger partial charge in [-0.2, -0.15) is 0 Å². The topological polar surface area (TPSA) is 32.3 Å². The van der Waals surface area contributed by atoms with Gasteiger partial charge in [-0.15, -0.1) is 0 Å². The number of aliphatic hydroxyl groups is 1. The first-order valence-electron chi connectivity index (χ1n) is 5.99. The van der Waals surface area contributed by atoms with Crippen LogP contribution in [0.4, 0.5) is 0 Å². The lowest BCUT2D eigenvalue weighted by Crippen LogP contribution is -2.40. The fourth-order valence-electron chi connectivity index (χ4n) is 1.96. The van der Waals surface area contributed by atoms with E-state index in [2.05, 4.69) is 19.2 Å². The van der Waals surface area contributed by atoms with Crippen LogP contribution in [-0.4, -0.2) is 23.3 Å². The van der Waals surface area contributed by atoms with Gasteiger partial charge in [-0.3, -0.25) is 0 Å². The smallest absolute Gasteiger partial charge is 0.0621 e. The van der Waals surface area contributed by atoms with Gasteiger partial charge in [0.05, 0.1) is 5.60 Å². The molecule has 0 bridgehead atoms. The standard InChI is InChI=1S/C12H25NO/c1-4-10(2)9-13-11-5-7-12(3,14)8-6-11/h10-11,13-14H,4-9H2,1-3H3. The van der Waals surface area contributed by atoms with Gasteiger partial charge in [-0.25, -0.2) is 0 Å². The molecular weight excluding hydrogens is 174 g/mol. The van der Waals surface area contributed by atoms with Gasteiger partial charge in [0.1, 0.15) is 0 Å². The molecule has 1 fully saturated rings. The van der Waals surface area contributed by atoms with E-state index in [1.54, 1.807) is 0 Å². The molecule has 0 heterocycles. The second kappa shape index (κ2) is 5.13. The minimum atomic E-state index is -0.394. The average molecular weight is 199 g/mol. The highest BCUT2D eigenvalue weighted by Gasteiger charge is 2.28. The van der Waals surface area contributed by atoms with E-state index in [1.165, 1.54) is 6.42 Å². The van der Waals surface area contributed by atoms with E-state index in [0.29, 0.717) is 6.04 Å². The van der Waals surface area contributed by atoms with Crippen LogP contribution in [0.15, 0.2) is 0 Å². The maximum absolute atomic E-state index is 9.79. The highest BCUT2D eigenvalue weighted by Crippen LogP contribution is 2.27. The van der Waals surface area contributed by atoms with Crippen molar-refractivity contribution in [3.8, 4) is 0 Å². The Morgan fingerprint density at radius 3 is 2.50 bits per heavy atom. The minimum Gasteiger partial charge on any atom is -0.390 e. The summed E-state index contributed by atoms with van der Waals surface area (Å²) in [6.07, 6.45) is 5.40. The summed E-state index contributed by atoms with van der Waals surface area (Å²) in [5.74, 6) is 0.775. The Hall–Kier alpha value is -0.0800. The predicted molar refractivity (Wildman–Crippen MR) is 60.3 cm³/mol. The van der Waals surface area contributed by atoms with Crippen molar-refractivity contribution in [1.29, 1.82) is 0 Å². The number of hydrogen-bond donors (Lipinski definition) is 2. The van der Waals surface area contributed by atoms with E-state index >= 15 is 0 Å². The fraction of sp³-hybridized carbons (Fsp3) is 1.00. The Labute approximate surface area is 88.1 Å². The summed E-state index contributed by atoms with van der Waals surface area (Å²) in [7, 11) is 0. The van der Waals surface area contributed by atoms with Crippen molar-refractivity contribution >= 4 is 0 Å². The van der Waals surface area contributed by atoms with Crippen LogP contribution in [0.1, 0.15) is 52.9 Å². The number of nitrogens with one attached hydrogen (secondary N) is 1. The lowest BCUT2D eigenvalue weighted by atomic mass is 9.83. The summed E-state index contributed by atoms with van der Waals surface area (Å²) in [5.41, 5.74) is -0.394. The van der Waals surface area contributed by atoms with Crippen molar-refractivity contribution in [2.24, 2.45) is 5.92 Å². The average Bonchev–Trinajstić information content (AvgIpc) is 2.16. The van der Waals surface area contributed by atoms with Gasteiger partial charge in [0.15, 0.2) is 0 Å². The zero-order valence-corrected chi connectivity index (χ0v) is 9.84. The summed E-state index contributed by atoms with van der Waals surface area (Å²) in [6.45, 7) is 7.60. The molecule has 1 unspecified atom stereocenters. The van der Waals surface area contributed by atoms with Gasteiger partial charge < -0.3 is 10.4 Å². The highest BCUT2D eigenvalue weighted by atomic mass is 16.3. The molecule has 1 atom stereocenters. The van der Waals surface area contributed by atoms with E-state index in [0.717, 1.165) is 38.1 Å². The largest absolute Gasteiger partial charge is 0.390 e. The SMILES string of the molecule is CCC(C)CNC1CCC(C)(O)CC1. The third-order valence-electron chi connectivity index (χ3n) is 3.51. The Bertz CT molecular complexity index is 158. The zero-order chi connectivity index (χ0) is 10.6. The van der Waals surface area contributed by atoms with Crippen molar-refractivity contribution in [2.45, 2.75) is 64.5 Å². The van der Waals surface area contributed by atoms with Crippen molar-refractivity contribution in [1.82, 2.24) is 5.32 Å². The molecule has 2 heteroatoms. The molecule has 0 aromatic heterocycles. The Kier molecular flexibility index (Phi) is 4.39. The molecule has 0 aliphatic heterocycles. The first kappa shape index (κ1) is 12.0. The van der Waals surface area contributed by atoms with Crippen molar-refractivity contribution < 1.29 is 5.11 Å². The number of rotatable bonds is 4. The van der Waals surface area contributed by atoms with Crippen LogP contribution >= 0.6 is 0 Å². The number of hydrogen-bond acceptors (Lipinski definition) is 2. The Balaban J connectivity index is 2.16. The van der Waals surface area contributed by atoms with Crippen LogP contribution in [0.25, 0.3) is 0 Å². The molecule has 2 N–H and O–H groups in total. The molecule has 0 amide bonds. The summed E-state index contributed by atoms with van der Waals surface area (Å²) in [5, 5.41) is 13.4. The van der Waals surface area contributed by atoms with Crippen molar-refractivity contribution in [3.05, 3.63) is 0 Å². The lowest BCUT2D eigenvalue weighted by Gasteiger charge is -2.34. The first-order chi connectivity index (χ1) is 6.53. The highest BCUT2D eigenvalue weighted by molar-refractivity contribution is 4.84. The molecule has 0 aromatic rings. The van der Waals surface area contributed by atoms with Gasteiger partial charge in [0.25, 0.3) is 0 Å². The molecule has 0 spiro atoms. The molecule has 1 rings (SSSR count). The molecule has 1 saturated carbocycles. The molecule has 0 saturated heterocycles. The third kappa shape index (κ3) is 3.97. The van der Waals surface area contributed by atoms with Gasteiger partial charge in [0, 0.05) is 6.04 Å². The van der Waals surface area contributed by atoms with E-state index in [-0.39, 0.29) is 0 Å². The molecular formula is C12H25NO. The fourth-order valence-corrected chi connectivity index (χ4v) is 1.96. The minimum absolute atomic E-state index is 0.394. The van der Waals surface area contributed by atoms with Gasteiger partial charge in [-0.1, -0.05) is 20.3 Å². The van der Waals surface area contributed by atoms with E-state index in [1.807, 2.05) is 6.92 Å². The molecule has 2 nitrogen and oxygen atoms in total. The summed E-state index contributed by atoms with van der Waals surface area (Å²) in [4.78, 5) is 0. The maximum atomic E-state index is 9.79. The van der Waals surface area contributed by atoms with Crippen LogP contribution in [0.3, 0.4) is 0 Å². The van der Waals surface area contributed by atoms with Gasteiger partial charge in [-0.05, 0) is 45.1 Å². The molecule has 14 heavy (non-hydrogen) atoms. The van der Waals surface area contributed by atoms with Crippen LogP contribution in [0, 0.1) is 5.92 Å².